The first kappa shape index (κ1) is 14.2. The molecule has 1 saturated heterocycles. The number of halogens is 2. The second-order valence-corrected chi connectivity index (χ2v) is 6.49. The van der Waals surface area contributed by atoms with Gasteiger partial charge in [-0.15, -0.1) is 0 Å². The molecule has 0 unspecified atom stereocenters. The van der Waals surface area contributed by atoms with E-state index < -0.39 is 21.8 Å². The van der Waals surface area contributed by atoms with Crippen LogP contribution in [0, 0.1) is 11.6 Å². The van der Waals surface area contributed by atoms with E-state index >= 15 is 0 Å². The molecule has 0 aliphatic carbocycles. The number of rotatable bonds is 3. The predicted molar refractivity (Wildman–Crippen MR) is 69.1 cm³/mol. The molecular weight excluding hydrogens is 274 g/mol. The van der Waals surface area contributed by atoms with Crippen LogP contribution < -0.4 is 4.31 Å². The number of hydrogen-bond donors (Lipinski definition) is 0. The van der Waals surface area contributed by atoms with Gasteiger partial charge in [-0.2, -0.15) is 12.7 Å². The molecule has 0 amide bonds. The molecule has 19 heavy (non-hydrogen) atoms. The fourth-order valence-corrected chi connectivity index (χ4v) is 3.57. The van der Waals surface area contributed by atoms with E-state index in [4.69, 9.17) is 0 Å². The van der Waals surface area contributed by atoms with Gasteiger partial charge in [-0.05, 0) is 25.0 Å². The van der Waals surface area contributed by atoms with Crippen LogP contribution in [0.1, 0.15) is 19.3 Å². The smallest absolute Gasteiger partial charge is 0.258 e. The summed E-state index contributed by atoms with van der Waals surface area (Å²) in [6, 6.07) is 2.77. The minimum atomic E-state index is -3.79. The monoisotopic (exact) mass is 290 g/mol. The molecule has 1 heterocycles. The molecule has 2 rings (SSSR count). The molecule has 106 valence electrons. The summed E-state index contributed by atoms with van der Waals surface area (Å²) < 4.78 is 53.5. The molecule has 1 fully saturated rings. The zero-order valence-corrected chi connectivity index (χ0v) is 11.5. The van der Waals surface area contributed by atoms with Gasteiger partial charge >= 0.3 is 10.2 Å². The molecule has 0 aromatic heterocycles. The lowest BCUT2D eigenvalue weighted by Crippen LogP contribution is -2.44. The summed E-state index contributed by atoms with van der Waals surface area (Å²) in [4.78, 5) is 0. The molecule has 7 heteroatoms. The quantitative estimate of drug-likeness (QED) is 0.855. The third kappa shape index (κ3) is 2.87. The fraction of sp³-hybridized carbons (Fsp3) is 0.500. The number of benzene rings is 1. The molecule has 0 N–H and O–H groups in total. The molecule has 0 radical (unpaired) electrons. The van der Waals surface area contributed by atoms with Crippen molar-refractivity contribution in [1.29, 1.82) is 0 Å². The molecule has 1 aromatic rings. The summed E-state index contributed by atoms with van der Waals surface area (Å²) in [6.45, 7) is 0.840. The van der Waals surface area contributed by atoms with Gasteiger partial charge in [0.25, 0.3) is 0 Å². The van der Waals surface area contributed by atoms with Crippen LogP contribution in [0.2, 0.25) is 0 Å². The van der Waals surface area contributed by atoms with Crippen molar-refractivity contribution in [2.24, 2.45) is 0 Å². The van der Waals surface area contributed by atoms with Crippen molar-refractivity contribution in [2.75, 3.05) is 24.4 Å². The van der Waals surface area contributed by atoms with Crippen LogP contribution in [0.25, 0.3) is 0 Å². The van der Waals surface area contributed by atoms with E-state index in [2.05, 4.69) is 0 Å². The van der Waals surface area contributed by atoms with Crippen LogP contribution in [-0.2, 0) is 10.2 Å². The maximum absolute atomic E-state index is 13.6. The summed E-state index contributed by atoms with van der Waals surface area (Å²) in [7, 11) is -2.56. The van der Waals surface area contributed by atoms with E-state index in [1.165, 1.54) is 11.4 Å². The standard InChI is InChI=1S/C12H16F2N2O2S/c1-15(12-9-10(13)5-6-11(12)14)19(17,18)16-7-3-2-4-8-16/h5-6,9H,2-4,7-8H2,1H3. The van der Waals surface area contributed by atoms with Gasteiger partial charge < -0.3 is 0 Å². The Balaban J connectivity index is 2.31. The van der Waals surface area contributed by atoms with E-state index in [-0.39, 0.29) is 5.69 Å². The maximum Gasteiger partial charge on any atom is 0.303 e. The van der Waals surface area contributed by atoms with E-state index in [9.17, 15) is 17.2 Å². The summed E-state index contributed by atoms with van der Waals surface area (Å²) >= 11 is 0. The van der Waals surface area contributed by atoms with Crippen molar-refractivity contribution >= 4 is 15.9 Å². The largest absolute Gasteiger partial charge is 0.303 e. The Morgan fingerprint density at radius 2 is 1.79 bits per heavy atom. The Hall–Kier alpha value is -1.21. The van der Waals surface area contributed by atoms with Crippen LogP contribution in [0.5, 0.6) is 0 Å². The highest BCUT2D eigenvalue weighted by atomic mass is 32.2. The van der Waals surface area contributed by atoms with Gasteiger partial charge in [0.2, 0.25) is 0 Å². The highest BCUT2D eigenvalue weighted by Crippen LogP contribution is 2.25. The first-order valence-electron chi connectivity index (χ1n) is 6.12. The van der Waals surface area contributed by atoms with Gasteiger partial charge in [-0.1, -0.05) is 6.42 Å². The average molecular weight is 290 g/mol. The molecular formula is C12H16F2N2O2S. The molecule has 1 aliphatic heterocycles. The lowest BCUT2D eigenvalue weighted by atomic mass is 10.2. The second-order valence-electron chi connectivity index (χ2n) is 4.53. The van der Waals surface area contributed by atoms with Gasteiger partial charge in [0.15, 0.2) is 0 Å². The Kier molecular flexibility index (Phi) is 4.05. The zero-order chi connectivity index (χ0) is 14.0. The van der Waals surface area contributed by atoms with Crippen molar-refractivity contribution in [2.45, 2.75) is 19.3 Å². The Labute approximate surface area is 111 Å². The normalized spacial score (nSPS) is 17.4. The average Bonchev–Trinajstić information content (AvgIpc) is 2.41. The third-order valence-corrected chi connectivity index (χ3v) is 5.14. The van der Waals surface area contributed by atoms with Gasteiger partial charge in [0.05, 0.1) is 5.69 Å². The molecule has 0 spiro atoms. The van der Waals surface area contributed by atoms with Crippen LogP contribution in [0.3, 0.4) is 0 Å². The highest BCUT2D eigenvalue weighted by Gasteiger charge is 2.29. The van der Waals surface area contributed by atoms with E-state index in [1.807, 2.05) is 0 Å². The van der Waals surface area contributed by atoms with Gasteiger partial charge in [-0.25, -0.2) is 8.78 Å². The van der Waals surface area contributed by atoms with Gasteiger partial charge in [-0.3, -0.25) is 4.31 Å². The Morgan fingerprint density at radius 3 is 2.42 bits per heavy atom. The number of anilines is 1. The third-order valence-electron chi connectivity index (χ3n) is 3.23. The molecule has 1 aliphatic rings. The second kappa shape index (κ2) is 5.42. The zero-order valence-electron chi connectivity index (χ0n) is 10.6. The van der Waals surface area contributed by atoms with Crippen LogP contribution in [0.4, 0.5) is 14.5 Å². The first-order chi connectivity index (χ1) is 8.93. The van der Waals surface area contributed by atoms with E-state index in [0.29, 0.717) is 13.1 Å². The Morgan fingerprint density at radius 1 is 1.16 bits per heavy atom. The maximum atomic E-state index is 13.6. The first-order valence-corrected chi connectivity index (χ1v) is 7.51. The van der Waals surface area contributed by atoms with Crippen molar-refractivity contribution in [3.05, 3.63) is 29.8 Å². The topological polar surface area (TPSA) is 40.6 Å². The summed E-state index contributed by atoms with van der Waals surface area (Å²) in [5, 5.41) is 0. The van der Waals surface area contributed by atoms with E-state index in [0.717, 1.165) is 41.8 Å². The lowest BCUT2D eigenvalue weighted by molar-refractivity contribution is 0.346. The van der Waals surface area contributed by atoms with Crippen LogP contribution in [0.15, 0.2) is 18.2 Å². The van der Waals surface area contributed by atoms with Gasteiger partial charge in [0.1, 0.15) is 11.6 Å². The van der Waals surface area contributed by atoms with E-state index in [1.54, 1.807) is 0 Å². The minimum Gasteiger partial charge on any atom is -0.258 e. The SMILES string of the molecule is CN(c1cc(F)ccc1F)S(=O)(=O)N1CCCCC1. The summed E-state index contributed by atoms with van der Waals surface area (Å²) in [5.41, 5.74) is -0.273. The summed E-state index contributed by atoms with van der Waals surface area (Å²) in [5.74, 6) is -1.43. The highest BCUT2D eigenvalue weighted by molar-refractivity contribution is 7.90. The van der Waals surface area contributed by atoms with Crippen LogP contribution in [-0.4, -0.2) is 32.9 Å². The van der Waals surface area contributed by atoms with Crippen molar-refractivity contribution in [1.82, 2.24) is 4.31 Å². The summed E-state index contributed by atoms with van der Waals surface area (Å²) in [6.07, 6.45) is 2.57. The van der Waals surface area contributed by atoms with Crippen molar-refractivity contribution < 1.29 is 17.2 Å². The van der Waals surface area contributed by atoms with Gasteiger partial charge in [0, 0.05) is 26.2 Å². The molecule has 0 bridgehead atoms. The molecule has 0 atom stereocenters. The molecule has 1 aromatic carbocycles. The number of hydrogen-bond acceptors (Lipinski definition) is 2. The lowest BCUT2D eigenvalue weighted by Gasteiger charge is -2.31. The number of piperidine rings is 1. The van der Waals surface area contributed by atoms with Crippen molar-refractivity contribution in [3.8, 4) is 0 Å². The number of nitrogens with zero attached hydrogens (tertiary/aromatic N) is 2. The molecule has 0 saturated carbocycles. The Bertz CT molecular complexity index is 557. The molecule has 4 nitrogen and oxygen atoms in total. The minimum absolute atomic E-state index is 0.273. The van der Waals surface area contributed by atoms with Crippen molar-refractivity contribution in [3.63, 3.8) is 0 Å². The fourth-order valence-electron chi connectivity index (χ4n) is 2.12. The van der Waals surface area contributed by atoms with Crippen LogP contribution >= 0.6 is 0 Å². The predicted octanol–water partition coefficient (Wildman–Crippen LogP) is 2.13.